The third-order valence-electron chi connectivity index (χ3n) is 0. The molecule has 6 heteroatoms. The van der Waals surface area contributed by atoms with E-state index in [-0.39, 0.29) is 55.7 Å². The van der Waals surface area contributed by atoms with E-state index in [1.54, 1.807) is 0 Å². The maximum absolute atomic E-state index is 8.88. The van der Waals surface area contributed by atoms with Crippen molar-refractivity contribution in [1.82, 2.24) is 0 Å². The summed E-state index contributed by atoms with van der Waals surface area (Å²) in [7, 11) is -4.64. The average molecular weight is 140 g/mol. The van der Waals surface area contributed by atoms with Crippen LogP contribution in [0.15, 0.2) is 0 Å². The quantitative estimate of drug-likeness (QED) is 0.240. The average Bonchev–Trinajstić information content (AvgIpc) is 0.722. The smallest absolute Gasteiger partial charge is 1.00 e. The Morgan fingerprint density at radius 1 is 1.50 bits per heavy atom. The van der Waals surface area contributed by atoms with Gasteiger partial charge >= 0.3 is 62.1 Å². The third kappa shape index (κ3) is 42.4. The molecule has 6 heavy (non-hydrogen) atoms. The van der Waals surface area contributed by atoms with Gasteiger partial charge in [0, 0.05) is 0 Å². The van der Waals surface area contributed by atoms with Gasteiger partial charge < -0.3 is 16.1 Å². The molecule has 0 rings (SSSR count). The Kier molecular flexibility index (Phi) is 6.61. The molecular formula is H6KO4P+2. The zero-order valence-corrected chi connectivity index (χ0v) is 7.21. The molecule has 0 heterocycles. The van der Waals surface area contributed by atoms with Crippen LogP contribution in [0.2, 0.25) is 0 Å². The van der Waals surface area contributed by atoms with Crippen molar-refractivity contribution in [1.29, 1.82) is 0 Å². The second-order valence-electron chi connectivity index (χ2n) is 0.513. The molecule has 0 aromatic carbocycles. The van der Waals surface area contributed by atoms with Crippen LogP contribution in [0.4, 0.5) is 0 Å². The minimum Gasteiger partial charge on any atom is -1.00 e. The fourth-order valence-corrected chi connectivity index (χ4v) is 0. The van der Waals surface area contributed by atoms with E-state index in [4.69, 9.17) is 19.2 Å². The molecular weight excluding hydrogens is 134 g/mol. The first-order valence-corrected chi connectivity index (χ1v) is 2.35. The molecule has 0 aliphatic carbocycles. The van der Waals surface area contributed by atoms with E-state index in [0.29, 0.717) is 0 Å². The van der Waals surface area contributed by atoms with E-state index in [9.17, 15) is 0 Å². The van der Waals surface area contributed by atoms with Crippen LogP contribution in [0.5, 0.6) is 0 Å². The molecule has 0 aromatic heterocycles. The van der Waals surface area contributed by atoms with E-state index >= 15 is 0 Å². The van der Waals surface area contributed by atoms with Gasteiger partial charge in [0.05, 0.1) is 0 Å². The molecule has 0 atom stereocenters. The first kappa shape index (κ1) is 10.7. The molecule has 0 saturated carbocycles. The van der Waals surface area contributed by atoms with Crippen molar-refractivity contribution < 1.29 is 74.9 Å². The van der Waals surface area contributed by atoms with E-state index in [0.717, 1.165) is 0 Å². The van der Waals surface area contributed by atoms with Gasteiger partial charge in [0.1, 0.15) is 0 Å². The van der Waals surface area contributed by atoms with E-state index in [2.05, 4.69) is 0 Å². The minimum atomic E-state index is -4.64. The summed E-state index contributed by atoms with van der Waals surface area (Å²) in [5.41, 5.74) is 0. The van der Waals surface area contributed by atoms with Crippen molar-refractivity contribution >= 4 is 7.82 Å². The van der Waals surface area contributed by atoms with Gasteiger partial charge in [-0.1, -0.05) is 0 Å². The molecule has 0 fully saturated rings. The third-order valence-corrected chi connectivity index (χ3v) is 0. The fraction of sp³-hybridized carbons (Fsp3) is 0. The zero-order chi connectivity index (χ0) is 4.50. The van der Waals surface area contributed by atoms with E-state index in [1.165, 1.54) is 0 Å². The molecule has 0 aliphatic heterocycles. The van der Waals surface area contributed by atoms with Crippen molar-refractivity contribution in [3.63, 3.8) is 0 Å². The predicted molar refractivity (Wildman–Crippen MR) is 17.6 cm³/mol. The number of hydrogen-bond acceptors (Lipinski definition) is 1. The summed E-state index contributed by atoms with van der Waals surface area (Å²) in [6.07, 6.45) is 0. The molecule has 3 N–H and O–H groups in total. The maximum Gasteiger partial charge on any atom is 1.00 e. The van der Waals surface area contributed by atoms with Crippen molar-refractivity contribution in [2.45, 2.75) is 0 Å². The molecule has 34 valence electrons. The second-order valence-corrected chi connectivity index (χ2v) is 1.54. The summed E-state index contributed by atoms with van der Waals surface area (Å²) in [6.45, 7) is 0. The molecule has 0 aromatic rings. The molecule has 0 radical (unpaired) electrons. The normalized spacial score (nSPS) is 9.83. The van der Waals surface area contributed by atoms with Gasteiger partial charge in [-0.2, -0.15) is 0 Å². The Bertz CT molecular complexity index is 61.9. The van der Waals surface area contributed by atoms with Gasteiger partial charge in [0.2, 0.25) is 0 Å². The Morgan fingerprint density at radius 2 is 1.50 bits per heavy atom. The van der Waals surface area contributed by atoms with Crippen LogP contribution in [0, 0.1) is 0 Å². The molecule has 0 unspecified atom stereocenters. The van der Waals surface area contributed by atoms with Crippen molar-refractivity contribution in [2.75, 3.05) is 0 Å². The molecule has 0 bridgehead atoms. The number of hydrogen-bond donors (Lipinski definition) is 3. The summed E-state index contributed by atoms with van der Waals surface area (Å²) in [4.78, 5) is 21.6. The van der Waals surface area contributed by atoms with Gasteiger partial charge in [0.15, 0.2) is 0 Å². The molecule has 0 spiro atoms. The first-order chi connectivity index (χ1) is 2.00. The van der Waals surface area contributed by atoms with Gasteiger partial charge in [-0.25, -0.2) is 4.57 Å². The summed E-state index contributed by atoms with van der Waals surface area (Å²) in [5, 5.41) is 0. The topological polar surface area (TPSA) is 77.8 Å². The van der Waals surface area contributed by atoms with Gasteiger partial charge in [-0.3, -0.25) is 0 Å². The Morgan fingerprint density at radius 3 is 1.50 bits per heavy atom. The number of rotatable bonds is 0. The standard InChI is InChI=1S/K.H3O4P.H/c;1-5(2,3)4;/h;(H3,1,2,3,4);/q+1;;-1/p+2. The van der Waals surface area contributed by atoms with Crippen molar-refractivity contribution in [3.8, 4) is 0 Å². The van der Waals surface area contributed by atoms with Crippen LogP contribution in [0.3, 0.4) is 0 Å². The fourth-order valence-electron chi connectivity index (χ4n) is 0. The van der Waals surface area contributed by atoms with Crippen molar-refractivity contribution in [3.05, 3.63) is 0 Å². The van der Waals surface area contributed by atoms with E-state index < -0.39 is 7.82 Å². The van der Waals surface area contributed by atoms with Crippen LogP contribution in [0.1, 0.15) is 4.28 Å². The van der Waals surface area contributed by atoms with Crippen LogP contribution < -0.4 is 51.4 Å². The molecule has 0 amide bonds. The molecule has 0 saturated heterocycles. The van der Waals surface area contributed by atoms with Gasteiger partial charge in [0.25, 0.3) is 0 Å². The summed E-state index contributed by atoms with van der Waals surface area (Å²) in [6, 6.07) is 0. The Labute approximate surface area is 81.7 Å². The van der Waals surface area contributed by atoms with Gasteiger partial charge in [-0.15, -0.1) is 0 Å². The first-order valence-electron chi connectivity index (χ1n) is 0.783. The summed E-state index contributed by atoms with van der Waals surface area (Å²) < 4.78 is 8.88. The largest absolute Gasteiger partial charge is 1.00 e. The van der Waals surface area contributed by atoms with E-state index in [1.807, 2.05) is 0 Å². The molecule has 0 aliphatic rings. The van der Waals surface area contributed by atoms with Crippen LogP contribution in [-0.2, 0) is 4.57 Å². The molecule has 4 nitrogen and oxygen atoms in total. The SMILES string of the molecule is O=P(O)(O)O.[H+].[H+].[H-].[K+]. The number of phosphoric acid groups is 1. The van der Waals surface area contributed by atoms with Crippen molar-refractivity contribution in [2.24, 2.45) is 0 Å². The maximum atomic E-state index is 8.88. The van der Waals surface area contributed by atoms with Crippen LogP contribution in [0.25, 0.3) is 0 Å². The second kappa shape index (κ2) is 3.71. The summed E-state index contributed by atoms with van der Waals surface area (Å²) in [5.74, 6) is 0. The zero-order valence-electron chi connectivity index (χ0n) is 6.20. The Balaban J connectivity index is -0.0000000133. The predicted octanol–water partition coefficient (Wildman–Crippen LogP) is -3.59. The van der Waals surface area contributed by atoms with Gasteiger partial charge in [-0.05, 0) is 0 Å². The van der Waals surface area contributed by atoms with Crippen LogP contribution in [-0.4, -0.2) is 14.7 Å². The van der Waals surface area contributed by atoms with Crippen LogP contribution >= 0.6 is 7.82 Å². The minimum absolute atomic E-state index is 0. The Hall–Kier alpha value is 1.75. The monoisotopic (exact) mass is 140 g/mol. The summed E-state index contributed by atoms with van der Waals surface area (Å²) >= 11 is 0.